The van der Waals surface area contributed by atoms with Gasteiger partial charge in [0.05, 0.1) is 33.3 Å². The number of aromatic nitrogens is 4. The van der Waals surface area contributed by atoms with Crippen LogP contribution >= 0.6 is 0 Å². The Labute approximate surface area is 220 Å². The number of para-hydroxylation sites is 1. The highest BCUT2D eigenvalue weighted by atomic mass is 15.0. The summed E-state index contributed by atoms with van der Waals surface area (Å²) in [6.07, 6.45) is 10.4. The number of pyridine rings is 2. The zero-order valence-corrected chi connectivity index (χ0v) is 20.8. The van der Waals surface area contributed by atoms with E-state index in [0.717, 1.165) is 51.8 Å². The van der Waals surface area contributed by atoms with Crippen molar-refractivity contribution < 1.29 is 0 Å². The summed E-state index contributed by atoms with van der Waals surface area (Å²) in [5.74, 6) is 0. The number of hydrogen-bond acceptors (Lipinski definition) is 2. The van der Waals surface area contributed by atoms with Crippen molar-refractivity contribution in [1.82, 2.24) is 19.1 Å². The first kappa shape index (κ1) is 21.2. The highest BCUT2D eigenvalue weighted by Crippen LogP contribution is 2.35. The molecule has 8 rings (SSSR count). The molecule has 0 saturated carbocycles. The second kappa shape index (κ2) is 8.29. The molecule has 0 amide bonds. The molecular weight excluding hydrogens is 464 g/mol. The van der Waals surface area contributed by atoms with E-state index in [2.05, 4.69) is 106 Å². The highest BCUT2D eigenvalue weighted by Gasteiger charge is 2.19. The van der Waals surface area contributed by atoms with Crippen molar-refractivity contribution in [2.24, 2.45) is 0 Å². The van der Waals surface area contributed by atoms with Crippen molar-refractivity contribution in [3.05, 3.63) is 127 Å². The fourth-order valence-electron chi connectivity index (χ4n) is 6.03. The third kappa shape index (κ3) is 3.10. The SMILES string of the molecule is C1=Cc2c(c3ncccc3n2-c2cccc(-c3cccc(-n4c5ccccc5c5ncccc54)c3)c2)CC1. The van der Waals surface area contributed by atoms with Gasteiger partial charge in [-0.2, -0.15) is 0 Å². The second-order valence-corrected chi connectivity index (χ2v) is 9.84. The van der Waals surface area contributed by atoms with Gasteiger partial charge in [0.15, 0.2) is 0 Å². The average molecular weight is 489 g/mol. The average Bonchev–Trinajstić information content (AvgIpc) is 3.51. The largest absolute Gasteiger partial charge is 0.308 e. The molecule has 0 saturated heterocycles. The molecule has 0 radical (unpaired) electrons. The lowest BCUT2D eigenvalue weighted by Gasteiger charge is -2.14. The van der Waals surface area contributed by atoms with Gasteiger partial charge >= 0.3 is 0 Å². The van der Waals surface area contributed by atoms with Gasteiger partial charge in [-0.15, -0.1) is 0 Å². The van der Waals surface area contributed by atoms with Crippen molar-refractivity contribution >= 4 is 39.0 Å². The van der Waals surface area contributed by atoms with E-state index in [0.29, 0.717) is 0 Å². The molecule has 7 aromatic rings. The van der Waals surface area contributed by atoms with E-state index < -0.39 is 0 Å². The van der Waals surface area contributed by atoms with E-state index in [9.17, 15) is 0 Å². The maximum absolute atomic E-state index is 4.75. The molecule has 180 valence electrons. The molecule has 0 atom stereocenters. The van der Waals surface area contributed by atoms with Crippen LogP contribution in [0.1, 0.15) is 17.7 Å². The minimum atomic E-state index is 1.03. The van der Waals surface area contributed by atoms with Crippen LogP contribution in [0, 0.1) is 0 Å². The molecule has 0 spiro atoms. The van der Waals surface area contributed by atoms with Crippen LogP contribution in [0.25, 0.3) is 61.5 Å². The van der Waals surface area contributed by atoms with Crippen LogP contribution in [0.5, 0.6) is 0 Å². The summed E-state index contributed by atoms with van der Waals surface area (Å²) in [6, 6.07) is 34.5. The Bertz CT molecular complexity index is 1990. The van der Waals surface area contributed by atoms with Gasteiger partial charge in [0, 0.05) is 34.7 Å². The first-order chi connectivity index (χ1) is 18.9. The van der Waals surface area contributed by atoms with E-state index in [4.69, 9.17) is 9.97 Å². The van der Waals surface area contributed by atoms with Gasteiger partial charge in [-0.25, -0.2) is 0 Å². The van der Waals surface area contributed by atoms with Crippen molar-refractivity contribution in [3.63, 3.8) is 0 Å². The van der Waals surface area contributed by atoms with Crippen LogP contribution in [-0.4, -0.2) is 19.1 Å². The van der Waals surface area contributed by atoms with Crippen LogP contribution in [0.2, 0.25) is 0 Å². The van der Waals surface area contributed by atoms with Crippen LogP contribution < -0.4 is 0 Å². The molecule has 1 aliphatic carbocycles. The minimum absolute atomic E-state index is 1.03. The van der Waals surface area contributed by atoms with Gasteiger partial charge in [-0.1, -0.05) is 48.5 Å². The molecule has 1 aliphatic rings. The van der Waals surface area contributed by atoms with Crippen LogP contribution in [0.3, 0.4) is 0 Å². The smallest absolute Gasteiger partial charge is 0.0963 e. The number of allylic oxidation sites excluding steroid dienone is 1. The molecule has 0 fully saturated rings. The quantitative estimate of drug-likeness (QED) is 0.252. The van der Waals surface area contributed by atoms with Gasteiger partial charge in [0.25, 0.3) is 0 Å². The summed E-state index contributed by atoms with van der Waals surface area (Å²) in [6.45, 7) is 0. The van der Waals surface area contributed by atoms with Crippen molar-refractivity contribution in [1.29, 1.82) is 0 Å². The molecule has 0 aliphatic heterocycles. The van der Waals surface area contributed by atoms with Crippen molar-refractivity contribution in [2.75, 3.05) is 0 Å². The van der Waals surface area contributed by atoms with E-state index in [1.807, 2.05) is 24.5 Å². The number of nitrogens with zero attached hydrogens (tertiary/aromatic N) is 4. The lowest BCUT2D eigenvalue weighted by atomic mass is 10.0. The van der Waals surface area contributed by atoms with Gasteiger partial charge in [0.1, 0.15) is 0 Å². The summed E-state index contributed by atoms with van der Waals surface area (Å²) in [4.78, 5) is 9.45. The number of fused-ring (bicyclic) bond motifs is 6. The first-order valence-electron chi connectivity index (χ1n) is 13.1. The van der Waals surface area contributed by atoms with Crippen LogP contribution in [-0.2, 0) is 6.42 Å². The molecule has 0 bridgehead atoms. The van der Waals surface area contributed by atoms with E-state index in [1.165, 1.54) is 27.8 Å². The summed E-state index contributed by atoms with van der Waals surface area (Å²) >= 11 is 0. The van der Waals surface area contributed by atoms with Crippen LogP contribution in [0.15, 0.2) is 116 Å². The standard InChI is InChI=1S/C34H24N4/c1-3-15-29-27(13-1)33-31(17-7-19-35-33)37(29)25-11-5-9-23(21-25)24-10-6-12-26(22-24)38-30-16-4-2-14-28(30)34-32(38)18-8-20-36-34/h1,3-13,15-22H,2,14H2. The minimum Gasteiger partial charge on any atom is -0.308 e. The summed E-state index contributed by atoms with van der Waals surface area (Å²) < 4.78 is 4.68. The third-order valence-electron chi connectivity index (χ3n) is 7.67. The van der Waals surface area contributed by atoms with Crippen molar-refractivity contribution in [2.45, 2.75) is 12.8 Å². The molecule has 4 aromatic heterocycles. The fourth-order valence-corrected chi connectivity index (χ4v) is 6.03. The molecule has 4 heteroatoms. The Hall–Kier alpha value is -4.96. The third-order valence-corrected chi connectivity index (χ3v) is 7.67. The number of hydrogen-bond donors (Lipinski definition) is 0. The number of aryl methyl sites for hydroxylation is 1. The monoisotopic (exact) mass is 488 g/mol. The maximum atomic E-state index is 4.75. The lowest BCUT2D eigenvalue weighted by molar-refractivity contribution is 0.966. The first-order valence-corrected chi connectivity index (χ1v) is 13.1. The molecule has 0 unspecified atom stereocenters. The Morgan fingerprint density at radius 1 is 0.579 bits per heavy atom. The fraction of sp³-hybridized carbons (Fsp3) is 0.0588. The van der Waals surface area contributed by atoms with Gasteiger partial charge in [-0.05, 0) is 84.6 Å². The number of benzene rings is 3. The van der Waals surface area contributed by atoms with Gasteiger partial charge in [0.2, 0.25) is 0 Å². The molecule has 0 N–H and O–H groups in total. The zero-order valence-electron chi connectivity index (χ0n) is 20.8. The Morgan fingerprint density at radius 3 is 2.03 bits per heavy atom. The molecule has 3 aromatic carbocycles. The second-order valence-electron chi connectivity index (χ2n) is 9.84. The summed E-state index contributed by atoms with van der Waals surface area (Å²) in [5, 5.41) is 1.17. The number of rotatable bonds is 3. The molecule has 4 heterocycles. The predicted octanol–water partition coefficient (Wildman–Crippen LogP) is 8.14. The normalized spacial score (nSPS) is 12.9. The van der Waals surface area contributed by atoms with Gasteiger partial charge < -0.3 is 9.13 Å². The van der Waals surface area contributed by atoms with E-state index in [1.54, 1.807) is 0 Å². The van der Waals surface area contributed by atoms with Crippen molar-refractivity contribution in [3.8, 4) is 22.5 Å². The highest BCUT2D eigenvalue weighted by molar-refractivity contribution is 6.07. The molecule has 4 nitrogen and oxygen atoms in total. The summed E-state index contributed by atoms with van der Waals surface area (Å²) in [5.41, 5.74) is 12.8. The topological polar surface area (TPSA) is 35.6 Å². The predicted molar refractivity (Wildman–Crippen MR) is 156 cm³/mol. The zero-order chi connectivity index (χ0) is 25.1. The molecule has 38 heavy (non-hydrogen) atoms. The van der Waals surface area contributed by atoms with E-state index in [-0.39, 0.29) is 0 Å². The maximum Gasteiger partial charge on any atom is 0.0963 e. The Balaban J connectivity index is 1.30. The lowest BCUT2D eigenvalue weighted by Crippen LogP contribution is -2.00. The Morgan fingerprint density at radius 2 is 1.24 bits per heavy atom. The van der Waals surface area contributed by atoms with Crippen LogP contribution in [0.4, 0.5) is 0 Å². The summed E-state index contributed by atoms with van der Waals surface area (Å²) in [7, 11) is 0. The molecular formula is C34H24N4. The Kier molecular flexibility index (Phi) is 4.61. The van der Waals surface area contributed by atoms with E-state index >= 15 is 0 Å². The van der Waals surface area contributed by atoms with Gasteiger partial charge in [-0.3, -0.25) is 9.97 Å².